The average molecular weight is 292 g/mol. The summed E-state index contributed by atoms with van der Waals surface area (Å²) in [6, 6.07) is 1.28. The number of anilines is 1. The van der Waals surface area contributed by atoms with Crippen molar-refractivity contribution in [3.63, 3.8) is 0 Å². The lowest BCUT2D eigenvalue weighted by atomic mass is 10.0. The van der Waals surface area contributed by atoms with Crippen molar-refractivity contribution in [2.75, 3.05) is 12.4 Å². The van der Waals surface area contributed by atoms with E-state index in [1.165, 1.54) is 6.07 Å². The number of nitrogens with zero attached hydrogens (tertiary/aromatic N) is 2. The van der Waals surface area contributed by atoms with E-state index in [1.807, 2.05) is 0 Å². The van der Waals surface area contributed by atoms with E-state index >= 15 is 0 Å². The van der Waals surface area contributed by atoms with Gasteiger partial charge in [0.05, 0.1) is 10.5 Å². The van der Waals surface area contributed by atoms with Crippen molar-refractivity contribution < 1.29 is 9.72 Å². The number of pyridine rings is 1. The third-order valence-electron chi connectivity index (χ3n) is 4.86. The van der Waals surface area contributed by atoms with Crippen molar-refractivity contribution in [2.24, 2.45) is 10.8 Å². The first-order chi connectivity index (χ1) is 9.62. The lowest BCUT2D eigenvalue weighted by Gasteiger charge is -2.10. The smallest absolute Gasteiger partial charge is 0.288 e. The molecule has 2 N–H and O–H groups in total. The summed E-state index contributed by atoms with van der Waals surface area (Å²) in [7, 11) is 1.62. The topological polar surface area (TPSA) is 97.2 Å². The summed E-state index contributed by atoms with van der Waals surface area (Å²) < 4.78 is 0. The van der Waals surface area contributed by atoms with E-state index in [1.54, 1.807) is 7.05 Å². The lowest BCUT2D eigenvalue weighted by molar-refractivity contribution is -0.385. The molecule has 0 atom stereocenters. The number of hydrogen-bond donors (Lipinski definition) is 2. The van der Waals surface area contributed by atoms with E-state index in [9.17, 15) is 14.9 Å². The molecule has 1 aromatic heterocycles. The lowest BCUT2D eigenvalue weighted by Crippen LogP contribution is -2.30. The van der Waals surface area contributed by atoms with Crippen molar-refractivity contribution >= 4 is 17.4 Å². The van der Waals surface area contributed by atoms with Gasteiger partial charge in [0.1, 0.15) is 12.0 Å². The normalized spacial score (nSPS) is 18.9. The Morgan fingerprint density at radius 1 is 1.33 bits per heavy atom. The number of nitrogens with one attached hydrogen (secondary N) is 2. The Labute approximate surface area is 123 Å². The molecule has 21 heavy (non-hydrogen) atoms. The minimum absolute atomic E-state index is 0.00336. The summed E-state index contributed by atoms with van der Waals surface area (Å²) in [5.41, 5.74) is -0.0219. The minimum Gasteiger partial charge on any atom is -0.372 e. The molecule has 1 amide bonds. The van der Waals surface area contributed by atoms with Crippen molar-refractivity contribution in [3.8, 4) is 0 Å². The molecular weight excluding hydrogens is 272 g/mol. The number of carbonyl (C=O) groups is 1. The van der Waals surface area contributed by atoms with E-state index in [0.717, 1.165) is 6.20 Å². The molecular formula is C14H20N4O3. The van der Waals surface area contributed by atoms with Gasteiger partial charge in [0, 0.05) is 19.2 Å². The molecule has 1 fully saturated rings. The maximum Gasteiger partial charge on any atom is 0.288 e. The fourth-order valence-corrected chi connectivity index (χ4v) is 2.69. The maximum atomic E-state index is 12.4. The number of amides is 1. The Balaban J connectivity index is 2.27. The summed E-state index contributed by atoms with van der Waals surface area (Å²) in [5.74, 6) is -0.0198. The molecule has 1 heterocycles. The SMILES string of the molecule is CNc1ncc([N+](=O)[O-])cc1C(=O)NC1C(C)(C)C1(C)C. The molecule has 7 nitrogen and oxygen atoms in total. The fourth-order valence-electron chi connectivity index (χ4n) is 2.69. The Hall–Kier alpha value is -2.18. The van der Waals surface area contributed by atoms with Gasteiger partial charge in [0.25, 0.3) is 11.6 Å². The third kappa shape index (κ3) is 2.32. The molecule has 0 aromatic carbocycles. The maximum absolute atomic E-state index is 12.4. The number of carbonyl (C=O) groups excluding carboxylic acids is 1. The number of nitro groups is 1. The van der Waals surface area contributed by atoms with Crippen LogP contribution in [0.25, 0.3) is 0 Å². The summed E-state index contributed by atoms with van der Waals surface area (Å²) in [6.07, 6.45) is 1.13. The predicted octanol–water partition coefficient (Wildman–Crippen LogP) is 2.20. The summed E-state index contributed by atoms with van der Waals surface area (Å²) in [5, 5.41) is 16.6. The molecule has 0 saturated heterocycles. The van der Waals surface area contributed by atoms with E-state index in [4.69, 9.17) is 0 Å². The highest BCUT2D eigenvalue weighted by Crippen LogP contribution is 2.62. The molecule has 0 aliphatic heterocycles. The van der Waals surface area contributed by atoms with Gasteiger partial charge in [0.15, 0.2) is 0 Å². The van der Waals surface area contributed by atoms with Crippen molar-refractivity contribution in [1.29, 1.82) is 0 Å². The quantitative estimate of drug-likeness (QED) is 0.655. The largest absolute Gasteiger partial charge is 0.372 e. The van der Waals surface area contributed by atoms with Crippen LogP contribution in [0.5, 0.6) is 0 Å². The molecule has 0 radical (unpaired) electrons. The Morgan fingerprint density at radius 2 is 1.90 bits per heavy atom. The van der Waals surface area contributed by atoms with Crippen LogP contribution < -0.4 is 10.6 Å². The fraction of sp³-hybridized carbons (Fsp3) is 0.571. The number of rotatable bonds is 4. The molecule has 7 heteroatoms. The molecule has 0 unspecified atom stereocenters. The Bertz CT molecular complexity index is 596. The number of aromatic nitrogens is 1. The standard InChI is InChI=1S/C14H20N4O3/c1-13(2)12(14(13,3)4)17-11(19)9-6-8(18(20)21)7-16-10(9)15-5/h6-7,12H,1-5H3,(H,15,16)(H,17,19). The van der Waals surface area contributed by atoms with Gasteiger partial charge in [-0.2, -0.15) is 0 Å². The highest BCUT2D eigenvalue weighted by molar-refractivity contribution is 5.99. The van der Waals surface area contributed by atoms with Gasteiger partial charge in [-0.3, -0.25) is 14.9 Å². The zero-order valence-electron chi connectivity index (χ0n) is 12.9. The van der Waals surface area contributed by atoms with Crippen LogP contribution in [0.15, 0.2) is 12.3 Å². The third-order valence-corrected chi connectivity index (χ3v) is 4.86. The molecule has 1 aromatic rings. The van der Waals surface area contributed by atoms with Crippen molar-refractivity contribution in [3.05, 3.63) is 27.9 Å². The second kappa shape index (κ2) is 4.68. The van der Waals surface area contributed by atoms with Crippen molar-refractivity contribution in [2.45, 2.75) is 33.7 Å². The van der Waals surface area contributed by atoms with Crippen LogP contribution in [-0.4, -0.2) is 28.9 Å². The zero-order chi connectivity index (χ0) is 16.0. The molecule has 0 bridgehead atoms. The monoisotopic (exact) mass is 292 g/mol. The number of hydrogen-bond acceptors (Lipinski definition) is 5. The zero-order valence-corrected chi connectivity index (χ0v) is 12.9. The van der Waals surface area contributed by atoms with Gasteiger partial charge < -0.3 is 10.6 Å². The molecule has 1 aliphatic carbocycles. The summed E-state index contributed by atoms with van der Waals surface area (Å²) >= 11 is 0. The van der Waals surface area contributed by atoms with E-state index in [-0.39, 0.29) is 34.0 Å². The highest BCUT2D eigenvalue weighted by atomic mass is 16.6. The Morgan fingerprint density at radius 3 is 2.33 bits per heavy atom. The van der Waals surface area contributed by atoms with Gasteiger partial charge in [-0.1, -0.05) is 27.7 Å². The van der Waals surface area contributed by atoms with Crippen LogP contribution in [0.2, 0.25) is 0 Å². The van der Waals surface area contributed by atoms with Crippen LogP contribution in [0.4, 0.5) is 11.5 Å². The Kier molecular flexibility index (Phi) is 3.39. The van der Waals surface area contributed by atoms with Crippen LogP contribution in [0.1, 0.15) is 38.1 Å². The van der Waals surface area contributed by atoms with E-state index in [0.29, 0.717) is 5.82 Å². The van der Waals surface area contributed by atoms with Crippen LogP contribution >= 0.6 is 0 Å². The molecule has 2 rings (SSSR count). The van der Waals surface area contributed by atoms with Gasteiger partial charge in [-0.05, 0) is 10.8 Å². The molecule has 1 aliphatic rings. The first kappa shape index (κ1) is 15.2. The van der Waals surface area contributed by atoms with Crippen LogP contribution in [0.3, 0.4) is 0 Å². The minimum atomic E-state index is -0.561. The predicted molar refractivity (Wildman–Crippen MR) is 79.3 cm³/mol. The van der Waals surface area contributed by atoms with Crippen LogP contribution in [-0.2, 0) is 0 Å². The molecule has 1 saturated carbocycles. The van der Waals surface area contributed by atoms with E-state index in [2.05, 4.69) is 43.3 Å². The average Bonchev–Trinajstić information content (AvgIpc) is 2.80. The molecule has 114 valence electrons. The van der Waals surface area contributed by atoms with Crippen LogP contribution in [0, 0.1) is 20.9 Å². The molecule has 0 spiro atoms. The van der Waals surface area contributed by atoms with Gasteiger partial charge in [-0.25, -0.2) is 4.98 Å². The second-order valence-corrected chi connectivity index (χ2v) is 6.45. The van der Waals surface area contributed by atoms with Crippen molar-refractivity contribution in [1.82, 2.24) is 10.3 Å². The summed E-state index contributed by atoms with van der Waals surface area (Å²) in [6.45, 7) is 8.34. The first-order valence-corrected chi connectivity index (χ1v) is 6.76. The van der Waals surface area contributed by atoms with Gasteiger partial charge in [-0.15, -0.1) is 0 Å². The van der Waals surface area contributed by atoms with Gasteiger partial charge >= 0.3 is 0 Å². The highest BCUT2D eigenvalue weighted by Gasteiger charge is 2.65. The first-order valence-electron chi connectivity index (χ1n) is 6.76. The van der Waals surface area contributed by atoms with Gasteiger partial charge in [0.2, 0.25) is 0 Å². The second-order valence-electron chi connectivity index (χ2n) is 6.45. The van der Waals surface area contributed by atoms with E-state index < -0.39 is 4.92 Å². The summed E-state index contributed by atoms with van der Waals surface area (Å²) in [4.78, 5) is 26.6.